The lowest BCUT2D eigenvalue weighted by Crippen LogP contribution is -2.53. The van der Waals surface area contributed by atoms with E-state index < -0.39 is 5.97 Å². The molecule has 1 aromatic rings. The Kier molecular flexibility index (Phi) is 5.49. The highest BCUT2D eigenvalue weighted by atomic mass is 16.5. The molecule has 6 rings (SSSR count). The van der Waals surface area contributed by atoms with Crippen molar-refractivity contribution in [2.75, 3.05) is 19.7 Å². The molecule has 0 atom stereocenters. The van der Waals surface area contributed by atoms with Crippen LogP contribution in [0.3, 0.4) is 0 Å². The van der Waals surface area contributed by atoms with Gasteiger partial charge in [-0.3, -0.25) is 14.4 Å². The van der Waals surface area contributed by atoms with Gasteiger partial charge in [0.2, 0.25) is 5.91 Å². The molecule has 0 radical (unpaired) electrons. The molecular formula is C25H32N2O4. The van der Waals surface area contributed by atoms with Crippen LogP contribution in [0.1, 0.15) is 56.1 Å². The number of rotatable bonds is 6. The molecule has 6 nitrogen and oxygen atoms in total. The van der Waals surface area contributed by atoms with E-state index in [1.165, 1.54) is 24.8 Å². The molecule has 0 spiro atoms. The van der Waals surface area contributed by atoms with Crippen molar-refractivity contribution in [2.45, 2.75) is 57.9 Å². The van der Waals surface area contributed by atoms with Crippen LogP contribution >= 0.6 is 0 Å². The van der Waals surface area contributed by atoms with Crippen LogP contribution in [-0.4, -0.2) is 42.4 Å². The van der Waals surface area contributed by atoms with Gasteiger partial charge < -0.3 is 15.0 Å². The Morgan fingerprint density at radius 3 is 2.32 bits per heavy atom. The average molecular weight is 425 g/mol. The van der Waals surface area contributed by atoms with Crippen LogP contribution in [0.15, 0.2) is 24.3 Å². The monoisotopic (exact) mass is 424 g/mol. The minimum Gasteiger partial charge on any atom is -0.456 e. The van der Waals surface area contributed by atoms with Crippen LogP contribution in [0.4, 0.5) is 0 Å². The topological polar surface area (TPSA) is 75.7 Å². The highest BCUT2D eigenvalue weighted by molar-refractivity contribution is 5.84. The third kappa shape index (κ3) is 4.21. The van der Waals surface area contributed by atoms with E-state index in [2.05, 4.69) is 11.4 Å². The molecule has 166 valence electrons. The second kappa shape index (κ2) is 8.29. The van der Waals surface area contributed by atoms with Crippen LogP contribution in [0.25, 0.3) is 0 Å². The van der Waals surface area contributed by atoms with Gasteiger partial charge in [-0.25, -0.2) is 0 Å². The summed E-state index contributed by atoms with van der Waals surface area (Å²) in [5.74, 6) is 1.68. The summed E-state index contributed by atoms with van der Waals surface area (Å²) < 4.78 is 5.19. The molecule has 4 fully saturated rings. The molecule has 1 heterocycles. The maximum Gasteiger partial charge on any atom is 0.308 e. The molecule has 0 saturated heterocycles. The van der Waals surface area contributed by atoms with Crippen LogP contribution in [0, 0.1) is 23.2 Å². The molecule has 4 bridgehead atoms. The number of nitrogens with zero attached hydrogens (tertiary/aromatic N) is 1. The Bertz CT molecular complexity index is 845. The van der Waals surface area contributed by atoms with Crippen molar-refractivity contribution in [1.29, 1.82) is 0 Å². The molecule has 1 aromatic carbocycles. The molecule has 0 aromatic heterocycles. The maximum absolute atomic E-state index is 12.9. The van der Waals surface area contributed by atoms with Crippen molar-refractivity contribution in [3.8, 4) is 0 Å². The minimum atomic E-state index is -0.434. The van der Waals surface area contributed by atoms with Gasteiger partial charge in [-0.1, -0.05) is 24.3 Å². The molecule has 6 heteroatoms. The number of fused-ring (bicyclic) bond motifs is 1. The fraction of sp³-hybridized carbons (Fsp3) is 0.640. The molecule has 1 aliphatic heterocycles. The summed E-state index contributed by atoms with van der Waals surface area (Å²) in [6.45, 7) is 1.26. The Morgan fingerprint density at radius 2 is 1.65 bits per heavy atom. The van der Waals surface area contributed by atoms with Crippen molar-refractivity contribution >= 4 is 17.8 Å². The van der Waals surface area contributed by atoms with Crippen LogP contribution in [0.5, 0.6) is 0 Å². The fourth-order valence-electron chi connectivity index (χ4n) is 6.87. The van der Waals surface area contributed by atoms with Crippen LogP contribution in [0.2, 0.25) is 0 Å². The third-order valence-electron chi connectivity index (χ3n) is 7.97. The number of nitrogens with one attached hydrogen (secondary N) is 1. The van der Waals surface area contributed by atoms with E-state index in [0.717, 1.165) is 49.0 Å². The largest absolute Gasteiger partial charge is 0.456 e. The van der Waals surface area contributed by atoms with E-state index in [4.69, 9.17) is 4.74 Å². The van der Waals surface area contributed by atoms with E-state index in [0.29, 0.717) is 13.1 Å². The second-order valence-electron chi connectivity index (χ2n) is 10.2. The second-order valence-corrected chi connectivity index (χ2v) is 10.2. The Balaban J connectivity index is 1.04. The summed E-state index contributed by atoms with van der Waals surface area (Å²) in [6, 6.07) is 8.12. The van der Waals surface area contributed by atoms with Gasteiger partial charge >= 0.3 is 5.97 Å². The molecule has 0 unspecified atom stereocenters. The number of benzene rings is 1. The predicted molar refractivity (Wildman–Crippen MR) is 115 cm³/mol. The first-order valence-electron chi connectivity index (χ1n) is 11.8. The van der Waals surface area contributed by atoms with Gasteiger partial charge in [0.05, 0.1) is 6.42 Å². The number of carbonyl (C=O) groups is 3. The molecule has 2 amide bonds. The summed E-state index contributed by atoms with van der Waals surface area (Å²) in [4.78, 5) is 39.2. The number of ether oxygens (including phenoxy) is 1. The molecule has 4 saturated carbocycles. The number of hydrogen-bond acceptors (Lipinski definition) is 4. The predicted octanol–water partition coefficient (Wildman–Crippen LogP) is 2.84. The number of carbonyl (C=O) groups excluding carboxylic acids is 3. The molecular weight excluding hydrogens is 392 g/mol. The molecule has 1 N–H and O–H groups in total. The van der Waals surface area contributed by atoms with E-state index in [1.54, 1.807) is 4.90 Å². The number of esters is 1. The SMILES string of the molecule is O=C(CCNC(=O)C12CC3CC(CC(C3)C1)C2)OCC(=O)N1CCc2ccccc2C1. The van der Waals surface area contributed by atoms with Crippen LogP contribution < -0.4 is 5.32 Å². The molecule has 5 aliphatic rings. The lowest BCUT2D eigenvalue weighted by Gasteiger charge is -2.55. The fourth-order valence-corrected chi connectivity index (χ4v) is 6.87. The van der Waals surface area contributed by atoms with Gasteiger partial charge in [-0.15, -0.1) is 0 Å². The lowest BCUT2D eigenvalue weighted by molar-refractivity contribution is -0.152. The van der Waals surface area contributed by atoms with E-state index in [-0.39, 0.29) is 36.8 Å². The standard InChI is InChI=1S/C25H32N2O4/c28-22(27-8-6-20-3-1-2-4-21(20)15-27)16-31-23(29)5-7-26-24(30)25-12-17-9-18(13-25)11-19(10-17)14-25/h1-4,17-19H,5-16H2,(H,26,30). The normalized spacial score (nSPS) is 30.6. The zero-order valence-corrected chi connectivity index (χ0v) is 18.1. The van der Waals surface area contributed by atoms with Gasteiger partial charge in [-0.2, -0.15) is 0 Å². The Labute approximate surface area is 183 Å². The Hall–Kier alpha value is -2.37. The molecule has 31 heavy (non-hydrogen) atoms. The summed E-state index contributed by atoms with van der Waals surface area (Å²) in [6.07, 6.45) is 7.88. The lowest BCUT2D eigenvalue weighted by atomic mass is 9.49. The first-order chi connectivity index (χ1) is 15.0. The zero-order valence-electron chi connectivity index (χ0n) is 18.1. The average Bonchev–Trinajstić information content (AvgIpc) is 2.76. The van der Waals surface area contributed by atoms with Gasteiger partial charge in [0.1, 0.15) is 0 Å². The van der Waals surface area contributed by atoms with E-state index in [1.807, 2.05) is 18.2 Å². The first-order valence-corrected chi connectivity index (χ1v) is 11.8. The summed E-state index contributed by atoms with van der Waals surface area (Å²) >= 11 is 0. The van der Waals surface area contributed by atoms with Crippen molar-refractivity contribution in [2.24, 2.45) is 23.2 Å². The highest BCUT2D eigenvalue weighted by Crippen LogP contribution is 2.60. The highest BCUT2D eigenvalue weighted by Gasteiger charge is 2.54. The van der Waals surface area contributed by atoms with Gasteiger partial charge in [0, 0.05) is 25.0 Å². The zero-order chi connectivity index (χ0) is 21.4. The summed E-state index contributed by atoms with van der Waals surface area (Å²) in [5.41, 5.74) is 2.23. The first kappa shape index (κ1) is 20.5. The smallest absolute Gasteiger partial charge is 0.308 e. The number of hydrogen-bond donors (Lipinski definition) is 1. The van der Waals surface area contributed by atoms with E-state index in [9.17, 15) is 14.4 Å². The minimum absolute atomic E-state index is 0.105. The number of amides is 2. The maximum atomic E-state index is 12.9. The summed E-state index contributed by atoms with van der Waals surface area (Å²) in [7, 11) is 0. The quantitative estimate of drug-likeness (QED) is 0.713. The van der Waals surface area contributed by atoms with Crippen molar-refractivity contribution in [1.82, 2.24) is 10.2 Å². The summed E-state index contributed by atoms with van der Waals surface area (Å²) in [5, 5.41) is 3.00. The van der Waals surface area contributed by atoms with Crippen molar-refractivity contribution in [3.05, 3.63) is 35.4 Å². The van der Waals surface area contributed by atoms with Gasteiger partial charge in [0.15, 0.2) is 6.61 Å². The van der Waals surface area contributed by atoms with Crippen molar-refractivity contribution in [3.63, 3.8) is 0 Å². The van der Waals surface area contributed by atoms with Gasteiger partial charge in [-0.05, 0) is 73.8 Å². The molecule has 4 aliphatic carbocycles. The Morgan fingerprint density at radius 1 is 1.00 bits per heavy atom. The van der Waals surface area contributed by atoms with Gasteiger partial charge in [0.25, 0.3) is 5.91 Å². The van der Waals surface area contributed by atoms with Crippen molar-refractivity contribution < 1.29 is 19.1 Å². The van der Waals surface area contributed by atoms with Crippen LogP contribution in [-0.2, 0) is 32.1 Å². The van der Waals surface area contributed by atoms with E-state index >= 15 is 0 Å². The third-order valence-corrected chi connectivity index (χ3v) is 7.97.